The minimum absolute atomic E-state index is 0.248. The SMILES string of the molecule is O=C1S/C(=C/c2ccc(I)cc2)C(=O)N1Cc1ccc(Cl)cc1. The van der Waals surface area contributed by atoms with Crippen LogP contribution in [0.1, 0.15) is 11.1 Å². The highest BCUT2D eigenvalue weighted by Crippen LogP contribution is 2.33. The van der Waals surface area contributed by atoms with Crippen molar-refractivity contribution in [3.63, 3.8) is 0 Å². The molecule has 0 bridgehead atoms. The van der Waals surface area contributed by atoms with Crippen molar-refractivity contribution in [2.75, 3.05) is 0 Å². The van der Waals surface area contributed by atoms with Gasteiger partial charge in [-0.1, -0.05) is 35.9 Å². The maximum absolute atomic E-state index is 12.4. The zero-order chi connectivity index (χ0) is 16.4. The summed E-state index contributed by atoms with van der Waals surface area (Å²) >= 11 is 9.04. The summed E-state index contributed by atoms with van der Waals surface area (Å²) in [5.41, 5.74) is 1.77. The summed E-state index contributed by atoms with van der Waals surface area (Å²) in [6.45, 7) is 0.256. The van der Waals surface area contributed by atoms with Crippen molar-refractivity contribution in [3.8, 4) is 0 Å². The third kappa shape index (κ3) is 3.97. The fraction of sp³-hybridized carbons (Fsp3) is 0.0588. The van der Waals surface area contributed by atoms with E-state index in [1.165, 1.54) is 4.90 Å². The molecule has 0 spiro atoms. The van der Waals surface area contributed by atoms with Crippen LogP contribution in [0.15, 0.2) is 53.4 Å². The van der Waals surface area contributed by atoms with E-state index < -0.39 is 0 Å². The van der Waals surface area contributed by atoms with Crippen LogP contribution in [0, 0.1) is 3.57 Å². The Hall–Kier alpha value is -1.31. The normalized spacial score (nSPS) is 16.4. The van der Waals surface area contributed by atoms with Crippen LogP contribution in [0.2, 0.25) is 5.02 Å². The number of nitrogens with zero attached hydrogens (tertiary/aromatic N) is 1. The molecule has 1 aliphatic heterocycles. The zero-order valence-corrected chi connectivity index (χ0v) is 15.6. The van der Waals surface area contributed by atoms with Crippen LogP contribution in [0.4, 0.5) is 4.79 Å². The molecule has 116 valence electrons. The highest BCUT2D eigenvalue weighted by atomic mass is 127. The van der Waals surface area contributed by atoms with E-state index in [2.05, 4.69) is 22.6 Å². The van der Waals surface area contributed by atoms with Gasteiger partial charge in [0.1, 0.15) is 0 Å². The molecule has 0 saturated carbocycles. The first kappa shape index (κ1) is 16.5. The Morgan fingerprint density at radius 3 is 2.35 bits per heavy atom. The number of amides is 2. The van der Waals surface area contributed by atoms with Crippen LogP contribution >= 0.6 is 46.0 Å². The van der Waals surface area contributed by atoms with E-state index in [1.54, 1.807) is 18.2 Å². The highest BCUT2D eigenvalue weighted by molar-refractivity contribution is 14.1. The number of halogens is 2. The highest BCUT2D eigenvalue weighted by Gasteiger charge is 2.34. The monoisotopic (exact) mass is 455 g/mol. The number of thioether (sulfide) groups is 1. The van der Waals surface area contributed by atoms with E-state index in [4.69, 9.17) is 11.6 Å². The van der Waals surface area contributed by atoms with Crippen LogP contribution in [0.3, 0.4) is 0 Å². The predicted molar refractivity (Wildman–Crippen MR) is 102 cm³/mol. The summed E-state index contributed by atoms with van der Waals surface area (Å²) in [6.07, 6.45) is 1.75. The third-order valence-corrected chi connectivity index (χ3v) is 5.17. The Bertz CT molecular complexity index is 787. The van der Waals surface area contributed by atoms with Gasteiger partial charge in [0, 0.05) is 8.59 Å². The maximum atomic E-state index is 12.4. The van der Waals surface area contributed by atoms with Crippen molar-refractivity contribution in [1.82, 2.24) is 4.90 Å². The minimum Gasteiger partial charge on any atom is -0.268 e. The van der Waals surface area contributed by atoms with Crippen molar-refractivity contribution in [1.29, 1.82) is 0 Å². The fourth-order valence-corrected chi connectivity index (χ4v) is 3.44. The van der Waals surface area contributed by atoms with Crippen molar-refractivity contribution >= 4 is 63.2 Å². The van der Waals surface area contributed by atoms with Gasteiger partial charge >= 0.3 is 0 Å². The van der Waals surface area contributed by atoms with E-state index in [0.29, 0.717) is 9.93 Å². The van der Waals surface area contributed by atoms with Gasteiger partial charge in [0.15, 0.2) is 0 Å². The van der Waals surface area contributed by atoms with Gasteiger partial charge < -0.3 is 0 Å². The molecule has 3 rings (SSSR count). The molecule has 0 radical (unpaired) electrons. The number of benzene rings is 2. The molecule has 0 unspecified atom stereocenters. The Kier molecular flexibility index (Phi) is 5.08. The van der Waals surface area contributed by atoms with E-state index in [-0.39, 0.29) is 17.7 Å². The molecular weight excluding hydrogens is 445 g/mol. The Labute approximate surface area is 156 Å². The minimum atomic E-state index is -0.256. The molecule has 2 aromatic rings. The Morgan fingerprint density at radius 2 is 1.70 bits per heavy atom. The average Bonchev–Trinajstić information content (AvgIpc) is 2.79. The van der Waals surface area contributed by atoms with E-state index in [1.807, 2.05) is 36.4 Å². The second kappa shape index (κ2) is 7.07. The summed E-state index contributed by atoms with van der Waals surface area (Å²) in [4.78, 5) is 26.3. The molecule has 2 amide bonds. The second-order valence-corrected chi connectivity index (χ2v) is 7.62. The van der Waals surface area contributed by atoms with E-state index >= 15 is 0 Å². The molecule has 0 aromatic heterocycles. The lowest BCUT2D eigenvalue weighted by Crippen LogP contribution is -2.27. The molecule has 1 fully saturated rings. The predicted octanol–water partition coefficient (Wildman–Crippen LogP) is 5.18. The van der Waals surface area contributed by atoms with Gasteiger partial charge in [-0.05, 0) is 75.8 Å². The Morgan fingerprint density at radius 1 is 1.04 bits per heavy atom. The van der Waals surface area contributed by atoms with Crippen LogP contribution < -0.4 is 0 Å². The topological polar surface area (TPSA) is 37.4 Å². The van der Waals surface area contributed by atoms with E-state index in [0.717, 1.165) is 26.5 Å². The lowest BCUT2D eigenvalue weighted by atomic mass is 10.2. The molecule has 3 nitrogen and oxygen atoms in total. The zero-order valence-electron chi connectivity index (χ0n) is 11.8. The molecule has 1 saturated heterocycles. The number of carbonyl (C=O) groups excluding carboxylic acids is 2. The van der Waals surface area contributed by atoms with Gasteiger partial charge in [-0.3, -0.25) is 14.5 Å². The van der Waals surface area contributed by atoms with Gasteiger partial charge in [0.05, 0.1) is 11.4 Å². The lowest BCUT2D eigenvalue weighted by Gasteiger charge is -2.12. The molecule has 0 N–H and O–H groups in total. The van der Waals surface area contributed by atoms with Crippen LogP contribution in [-0.2, 0) is 11.3 Å². The molecule has 6 heteroatoms. The first-order valence-corrected chi connectivity index (χ1v) is 9.05. The smallest absolute Gasteiger partial charge is 0.268 e. The number of hydrogen-bond donors (Lipinski definition) is 0. The number of hydrogen-bond acceptors (Lipinski definition) is 3. The van der Waals surface area contributed by atoms with Crippen molar-refractivity contribution < 1.29 is 9.59 Å². The van der Waals surface area contributed by atoms with Gasteiger partial charge in [-0.25, -0.2) is 0 Å². The maximum Gasteiger partial charge on any atom is 0.293 e. The van der Waals surface area contributed by atoms with Gasteiger partial charge in [-0.15, -0.1) is 0 Å². The van der Waals surface area contributed by atoms with Crippen molar-refractivity contribution in [3.05, 3.63) is 73.2 Å². The molecule has 1 aliphatic rings. The summed E-state index contributed by atoms with van der Waals surface area (Å²) in [6, 6.07) is 14.9. The molecule has 23 heavy (non-hydrogen) atoms. The second-order valence-electron chi connectivity index (χ2n) is 4.95. The number of carbonyl (C=O) groups is 2. The first-order valence-electron chi connectivity index (χ1n) is 6.78. The molecule has 0 atom stereocenters. The van der Waals surface area contributed by atoms with Crippen LogP contribution in [0.5, 0.6) is 0 Å². The molecule has 1 heterocycles. The summed E-state index contributed by atoms with van der Waals surface area (Å²) in [5, 5.41) is 0.378. The summed E-state index contributed by atoms with van der Waals surface area (Å²) in [5.74, 6) is -0.256. The average molecular weight is 456 g/mol. The first-order chi connectivity index (χ1) is 11.0. The van der Waals surface area contributed by atoms with Crippen molar-refractivity contribution in [2.24, 2.45) is 0 Å². The van der Waals surface area contributed by atoms with Crippen LogP contribution in [-0.4, -0.2) is 16.0 Å². The molecule has 0 aliphatic carbocycles. The Balaban J connectivity index is 1.79. The fourth-order valence-electron chi connectivity index (χ4n) is 2.12. The van der Waals surface area contributed by atoms with Gasteiger partial charge in [-0.2, -0.15) is 0 Å². The van der Waals surface area contributed by atoms with Gasteiger partial charge in [0.25, 0.3) is 11.1 Å². The van der Waals surface area contributed by atoms with Crippen molar-refractivity contribution in [2.45, 2.75) is 6.54 Å². The van der Waals surface area contributed by atoms with E-state index in [9.17, 15) is 9.59 Å². The molecule has 2 aromatic carbocycles. The number of imide groups is 1. The largest absolute Gasteiger partial charge is 0.293 e. The van der Waals surface area contributed by atoms with Gasteiger partial charge in [0.2, 0.25) is 0 Å². The third-order valence-electron chi connectivity index (χ3n) is 3.30. The summed E-state index contributed by atoms with van der Waals surface area (Å²) < 4.78 is 1.12. The number of rotatable bonds is 3. The summed E-state index contributed by atoms with van der Waals surface area (Å²) in [7, 11) is 0. The lowest BCUT2D eigenvalue weighted by molar-refractivity contribution is -0.123. The van der Waals surface area contributed by atoms with Crippen LogP contribution in [0.25, 0.3) is 6.08 Å². The standard InChI is InChI=1S/C17H11ClINO2S/c18-13-5-1-12(2-6-13)10-20-16(21)15(23-17(20)22)9-11-3-7-14(19)8-4-11/h1-9H,10H2/b15-9+. The molecular formula is C17H11ClINO2S. The quantitative estimate of drug-likeness (QED) is 0.473.